The first-order valence-corrected chi connectivity index (χ1v) is 6.00. The number of hydrogen-bond donors (Lipinski definition) is 0. The van der Waals surface area contributed by atoms with Crippen LogP contribution in [-0.4, -0.2) is 52.6 Å². The van der Waals surface area contributed by atoms with E-state index in [1.807, 2.05) is 0 Å². The summed E-state index contributed by atoms with van der Waals surface area (Å²) in [5, 5.41) is 0. The zero-order valence-electron chi connectivity index (χ0n) is 8.25. The summed E-state index contributed by atoms with van der Waals surface area (Å²) in [7, 11) is -15.5. The molecule has 0 fully saturated rings. The smallest absolute Gasteiger partial charge is 0.759 e. The van der Waals surface area contributed by atoms with E-state index in [1.165, 1.54) is 0 Å². The van der Waals surface area contributed by atoms with Crippen LogP contribution in [0.1, 0.15) is 0 Å². The van der Waals surface area contributed by atoms with E-state index in [2.05, 4.69) is 0 Å². The van der Waals surface area contributed by atoms with E-state index in [1.54, 1.807) is 0 Å². The first-order chi connectivity index (χ1) is 6.00. The van der Waals surface area contributed by atoms with E-state index in [0.29, 0.717) is 0 Å². The van der Waals surface area contributed by atoms with Gasteiger partial charge in [-0.3, -0.25) is 25.3 Å². The fourth-order valence-electron chi connectivity index (χ4n) is 0. The quantitative estimate of drug-likeness (QED) is 0.165. The molecule has 0 bridgehead atoms. The van der Waals surface area contributed by atoms with Crippen LogP contribution in [0.15, 0.2) is 0 Å². The molecule has 0 unspecified atom stereocenters. The molecule has 0 saturated heterocycles. The number of rotatable bonds is 0. The molecule has 0 aliphatic carbocycles. The Hall–Kier alpha value is 1.90. The maximum atomic E-state index is 8.52. The molecule has 19 heavy (non-hydrogen) atoms. The van der Waals surface area contributed by atoms with Gasteiger partial charge >= 0.3 is 34.1 Å². The van der Waals surface area contributed by atoms with Crippen LogP contribution in [0.4, 0.5) is 0 Å². The Morgan fingerprint density at radius 1 is 0.421 bits per heavy atom. The van der Waals surface area contributed by atoms with E-state index in [0.717, 1.165) is 0 Å². The van der Waals surface area contributed by atoms with Gasteiger partial charge in [-0.05, 0) is 0 Å². The van der Waals surface area contributed by atoms with Crippen molar-refractivity contribution in [1.82, 2.24) is 0 Å². The fourth-order valence-corrected chi connectivity index (χ4v) is 0. The van der Waals surface area contributed by atoms with Crippen LogP contribution < -0.4 is 0 Å². The Morgan fingerprint density at radius 2 is 0.421 bits per heavy atom. The minimum absolute atomic E-state index is 0. The molecule has 110 valence electrons. The third-order valence-corrected chi connectivity index (χ3v) is 0. The Kier molecular flexibility index (Phi) is 40.5. The molecule has 0 aromatic heterocycles. The zero-order valence-corrected chi connectivity index (χ0v) is 18.8. The predicted octanol–water partition coefficient (Wildman–Crippen LogP) is -4.02. The minimum Gasteiger partial charge on any atom is -0.759 e. The molecule has 0 aliphatic rings. The van der Waals surface area contributed by atoms with E-state index in [-0.39, 0.29) is 73.1 Å². The Morgan fingerprint density at radius 3 is 0.421 bits per heavy atom. The van der Waals surface area contributed by atoms with Crippen molar-refractivity contribution < 1.29 is 126 Å². The van der Waals surface area contributed by atoms with Crippen LogP contribution in [0.5, 0.6) is 0 Å². The second-order valence-corrected chi connectivity index (χ2v) is 3.67. The van der Waals surface area contributed by atoms with Gasteiger partial charge in [0.05, 0.1) is 0 Å². The van der Waals surface area contributed by atoms with Gasteiger partial charge in [0.2, 0.25) is 0 Å². The molecular formula is Fe2O12S3Zn2. The van der Waals surface area contributed by atoms with Gasteiger partial charge in [-0.25, -0.2) is 0 Å². The normalized spacial score (nSPS) is 9.16. The maximum Gasteiger partial charge on any atom is 3.00 e. The van der Waals surface area contributed by atoms with Crippen molar-refractivity contribution in [3.63, 3.8) is 0 Å². The molecule has 0 heterocycles. The van der Waals surface area contributed by atoms with Crippen LogP contribution in [-0.2, 0) is 104 Å². The van der Waals surface area contributed by atoms with Crippen molar-refractivity contribution in [2.75, 3.05) is 0 Å². The topological polar surface area (TPSA) is 241 Å². The molecule has 0 saturated carbocycles. The van der Waals surface area contributed by atoms with Crippen LogP contribution in [0.2, 0.25) is 0 Å². The monoisotopic (exact) mass is 528 g/mol. The number of hydrogen-bond acceptors (Lipinski definition) is 12. The standard InChI is InChI=1S/2Fe.3H2O4S.2Zn/c;;3*1-5(2,3)4;;/h;;3*(H2,1,2,3,4);;/q2*+3;;;;;/p-6. The second kappa shape index (κ2) is 17.9. The van der Waals surface area contributed by atoms with E-state index >= 15 is 0 Å². The second-order valence-electron chi connectivity index (χ2n) is 1.22. The van der Waals surface area contributed by atoms with Gasteiger partial charge in [-0.2, -0.15) is 0 Å². The summed E-state index contributed by atoms with van der Waals surface area (Å²) in [5.41, 5.74) is 0. The van der Waals surface area contributed by atoms with Crippen LogP contribution in [0.3, 0.4) is 0 Å². The van der Waals surface area contributed by atoms with Gasteiger partial charge in [0, 0.05) is 70.2 Å². The van der Waals surface area contributed by atoms with E-state index in [4.69, 9.17) is 52.6 Å². The summed E-state index contributed by atoms with van der Waals surface area (Å²) in [4.78, 5) is 0. The summed E-state index contributed by atoms with van der Waals surface area (Å²) in [5.74, 6) is 0. The van der Waals surface area contributed by atoms with Crippen LogP contribution in [0, 0.1) is 0 Å². The van der Waals surface area contributed by atoms with Gasteiger partial charge in [0.25, 0.3) is 0 Å². The first-order valence-electron chi connectivity index (χ1n) is 2.00. The molecule has 0 amide bonds. The van der Waals surface area contributed by atoms with E-state index in [9.17, 15) is 0 Å². The largest absolute Gasteiger partial charge is 3.00 e. The third-order valence-electron chi connectivity index (χ3n) is 0. The molecule has 0 rings (SSSR count). The SMILES string of the molecule is O=S(=O)([O-])[O-].O=S(=O)([O-])[O-].O=S(=O)([O-])[O-].[Fe+3].[Fe+3].[Zn].[Zn]. The zero-order chi connectivity index (χ0) is 13.5. The molecule has 0 N–H and O–H groups in total. The molecular weight excluding hydrogens is 531 g/mol. The van der Waals surface area contributed by atoms with Gasteiger partial charge < -0.3 is 27.3 Å². The summed E-state index contributed by atoms with van der Waals surface area (Å²) in [6.07, 6.45) is 0. The fraction of sp³-hybridized carbons (Fsp3) is 0. The van der Waals surface area contributed by atoms with Crippen molar-refractivity contribution in [1.29, 1.82) is 0 Å². The summed E-state index contributed by atoms with van der Waals surface area (Å²) < 4.78 is 102. The minimum atomic E-state index is -5.17. The third kappa shape index (κ3) is 1770. The average molecular weight is 531 g/mol. The maximum absolute atomic E-state index is 8.52. The molecule has 0 aromatic rings. The van der Waals surface area contributed by atoms with Crippen molar-refractivity contribution >= 4 is 31.2 Å². The molecule has 19 heteroatoms. The molecule has 0 aromatic carbocycles. The summed E-state index contributed by atoms with van der Waals surface area (Å²) in [6, 6.07) is 0. The Labute approximate surface area is 155 Å². The predicted molar refractivity (Wildman–Crippen MR) is 31.4 cm³/mol. The first kappa shape index (κ1) is 42.8. The molecule has 2 radical (unpaired) electrons. The molecule has 0 aliphatic heterocycles. The van der Waals surface area contributed by atoms with Gasteiger partial charge in [-0.15, -0.1) is 0 Å². The Bertz CT molecular complexity index is 350. The van der Waals surface area contributed by atoms with Crippen molar-refractivity contribution in [3.8, 4) is 0 Å². The van der Waals surface area contributed by atoms with Crippen molar-refractivity contribution in [2.45, 2.75) is 0 Å². The summed E-state index contributed by atoms with van der Waals surface area (Å²) in [6.45, 7) is 0. The molecule has 0 spiro atoms. The van der Waals surface area contributed by atoms with Gasteiger partial charge in [-0.1, -0.05) is 0 Å². The van der Waals surface area contributed by atoms with Gasteiger partial charge in [0.15, 0.2) is 0 Å². The van der Waals surface area contributed by atoms with Crippen LogP contribution in [0.25, 0.3) is 0 Å². The van der Waals surface area contributed by atoms with Gasteiger partial charge in [0.1, 0.15) is 0 Å². The Balaban J connectivity index is -0.0000000206. The van der Waals surface area contributed by atoms with Crippen molar-refractivity contribution in [2.24, 2.45) is 0 Å². The summed E-state index contributed by atoms with van der Waals surface area (Å²) >= 11 is 0. The van der Waals surface area contributed by atoms with E-state index < -0.39 is 31.2 Å². The average Bonchev–Trinajstić information content (AvgIpc) is 1.41. The molecule has 12 nitrogen and oxygen atoms in total. The van der Waals surface area contributed by atoms with Crippen LogP contribution >= 0.6 is 0 Å². The molecule has 0 atom stereocenters. The van der Waals surface area contributed by atoms with Crippen molar-refractivity contribution in [3.05, 3.63) is 0 Å².